The van der Waals surface area contributed by atoms with Gasteiger partial charge in [0, 0.05) is 36.1 Å². The number of piperidine rings is 1. The Morgan fingerprint density at radius 1 is 0.809 bits per heavy atom. The van der Waals surface area contributed by atoms with Gasteiger partial charge < -0.3 is 24.6 Å². The van der Waals surface area contributed by atoms with Gasteiger partial charge in [-0.25, -0.2) is 4.90 Å². The number of carbonyl (C=O) groups excluding carboxylic acids is 2. The van der Waals surface area contributed by atoms with Gasteiger partial charge in [-0.05, 0) is 65.9 Å². The van der Waals surface area contributed by atoms with Crippen LogP contribution in [0.1, 0.15) is 75.1 Å². The van der Waals surface area contributed by atoms with Crippen molar-refractivity contribution in [3.05, 3.63) is 135 Å². The number of halogens is 1. The van der Waals surface area contributed by atoms with Crippen LogP contribution in [0.5, 0.6) is 0 Å². The third-order valence-electron chi connectivity index (χ3n) is 9.84. The minimum absolute atomic E-state index is 0.000854. The molecule has 0 aromatic heterocycles. The Morgan fingerprint density at radius 2 is 1.40 bits per heavy atom. The topological polar surface area (TPSA) is 99.5 Å². The van der Waals surface area contributed by atoms with Gasteiger partial charge in [0.15, 0.2) is 6.29 Å². The predicted octanol–water partition coefficient (Wildman–Crippen LogP) is 6.41. The molecule has 0 spiro atoms. The second-order valence-corrected chi connectivity index (χ2v) is 13.2. The molecule has 0 aliphatic carbocycles. The van der Waals surface area contributed by atoms with Crippen LogP contribution in [-0.4, -0.2) is 52.7 Å². The first kappa shape index (κ1) is 31.7. The molecule has 2 amide bonds. The molecule has 2 N–H and O–H groups in total. The molecule has 0 radical (unpaired) electrons. The number of anilines is 1. The van der Waals surface area contributed by atoms with Crippen molar-refractivity contribution in [1.29, 1.82) is 0 Å². The first-order valence-corrected chi connectivity index (χ1v) is 16.4. The second-order valence-electron chi connectivity index (χ2n) is 12.7. The van der Waals surface area contributed by atoms with E-state index in [-0.39, 0.29) is 36.5 Å². The summed E-state index contributed by atoms with van der Waals surface area (Å²) in [5, 5.41) is 21.7. The maximum atomic E-state index is 13.1. The van der Waals surface area contributed by atoms with Crippen LogP contribution in [0.15, 0.2) is 97.1 Å². The van der Waals surface area contributed by atoms with Crippen LogP contribution in [-0.2, 0) is 21.7 Å². The molecular weight excluding hydrogens is 616 g/mol. The number of hydrogen-bond acceptors (Lipinski definition) is 7. The zero-order valence-corrected chi connectivity index (χ0v) is 26.8. The smallest absolute Gasteiger partial charge is 0.266 e. The molecule has 3 aliphatic heterocycles. The van der Waals surface area contributed by atoms with E-state index in [9.17, 15) is 19.8 Å². The van der Waals surface area contributed by atoms with E-state index in [4.69, 9.17) is 21.1 Å². The van der Waals surface area contributed by atoms with Crippen molar-refractivity contribution < 1.29 is 29.3 Å². The van der Waals surface area contributed by atoms with Gasteiger partial charge in [0.1, 0.15) is 0 Å². The number of rotatable bonds is 7. The zero-order valence-electron chi connectivity index (χ0n) is 26.1. The maximum absolute atomic E-state index is 13.1. The van der Waals surface area contributed by atoms with Crippen LogP contribution in [0.3, 0.4) is 0 Å². The van der Waals surface area contributed by atoms with Gasteiger partial charge >= 0.3 is 0 Å². The summed E-state index contributed by atoms with van der Waals surface area (Å²) in [6, 6.07) is 29.3. The first-order valence-electron chi connectivity index (χ1n) is 16.0. The van der Waals surface area contributed by atoms with Crippen molar-refractivity contribution in [3.63, 3.8) is 0 Å². The Hall–Kier alpha value is -3.89. The molecular formula is C38H37ClN2O6. The molecule has 7 rings (SSSR count). The van der Waals surface area contributed by atoms with Crippen molar-refractivity contribution in [2.75, 3.05) is 24.5 Å². The first-order chi connectivity index (χ1) is 22.7. The summed E-state index contributed by atoms with van der Waals surface area (Å²) in [7, 11) is 0. The number of carbonyl (C=O) groups is 2. The summed E-state index contributed by atoms with van der Waals surface area (Å²) < 4.78 is 13.3. The van der Waals surface area contributed by atoms with E-state index in [1.165, 1.54) is 4.90 Å². The number of nitrogens with zero attached hydrogens (tertiary/aromatic N) is 2. The molecule has 3 aliphatic rings. The van der Waals surface area contributed by atoms with Gasteiger partial charge in [-0.3, -0.25) is 9.59 Å². The third-order valence-corrected chi connectivity index (χ3v) is 10.1. The van der Waals surface area contributed by atoms with E-state index < -0.39 is 11.9 Å². The highest BCUT2D eigenvalue weighted by molar-refractivity contribution is 6.34. The average Bonchev–Trinajstić information content (AvgIpc) is 3.36. The quantitative estimate of drug-likeness (QED) is 0.223. The summed E-state index contributed by atoms with van der Waals surface area (Å²) in [4.78, 5) is 29.7. The molecule has 4 aromatic rings. The molecule has 4 atom stereocenters. The number of benzene rings is 4. The number of amides is 2. The van der Waals surface area contributed by atoms with Crippen LogP contribution >= 0.6 is 11.6 Å². The average molecular weight is 653 g/mol. The predicted molar refractivity (Wildman–Crippen MR) is 178 cm³/mol. The fourth-order valence-electron chi connectivity index (χ4n) is 6.94. The molecule has 242 valence electrons. The van der Waals surface area contributed by atoms with Crippen molar-refractivity contribution >= 4 is 29.1 Å². The molecule has 2 saturated heterocycles. The van der Waals surface area contributed by atoms with Crippen LogP contribution < -0.4 is 4.90 Å². The van der Waals surface area contributed by atoms with Crippen molar-refractivity contribution in [2.45, 2.75) is 50.5 Å². The standard InChI is InChI=1S/C38H37ClN2O6/c1-24-33(22-40-20-18-38(45,19-21-40)28-12-14-29(39)15-13-28)46-37(47-34(24)26-8-6-25(23-42)7-9-26)27-10-16-30(17-11-27)41-35(43)31-4-2-3-5-32(31)36(41)44/h2-17,24,33-34,37,42,45H,18-23H2,1H3/t24-,33+,34+,37+/m1/s1. The monoisotopic (exact) mass is 652 g/mol. The number of ether oxygens (including phenoxy) is 2. The molecule has 9 heteroatoms. The van der Waals surface area contributed by atoms with Gasteiger partial charge in [-0.1, -0.05) is 79.2 Å². The lowest BCUT2D eigenvalue weighted by Gasteiger charge is -2.45. The lowest BCUT2D eigenvalue weighted by molar-refractivity contribution is -0.277. The Bertz CT molecular complexity index is 1720. The highest BCUT2D eigenvalue weighted by atomic mass is 35.5. The van der Waals surface area contributed by atoms with Crippen LogP contribution in [0.25, 0.3) is 0 Å². The number of imide groups is 1. The molecule has 8 nitrogen and oxygen atoms in total. The molecule has 0 bridgehead atoms. The minimum Gasteiger partial charge on any atom is -0.392 e. The molecule has 3 heterocycles. The summed E-state index contributed by atoms with van der Waals surface area (Å²) in [5.74, 6) is -0.678. The Balaban J connectivity index is 1.10. The molecule has 47 heavy (non-hydrogen) atoms. The lowest BCUT2D eigenvalue weighted by Crippen LogP contribution is -2.49. The summed E-state index contributed by atoms with van der Waals surface area (Å²) in [6.45, 7) is 4.18. The van der Waals surface area contributed by atoms with Gasteiger partial charge in [0.25, 0.3) is 11.8 Å². The number of aliphatic hydroxyl groups is 2. The van der Waals surface area contributed by atoms with Crippen LogP contribution in [0.4, 0.5) is 5.69 Å². The Kier molecular flexibility index (Phi) is 8.74. The number of likely N-dealkylation sites (tertiary alicyclic amines) is 1. The van der Waals surface area contributed by atoms with Crippen molar-refractivity contribution in [2.24, 2.45) is 5.92 Å². The Morgan fingerprint density at radius 3 is 2.00 bits per heavy atom. The van der Waals surface area contributed by atoms with Gasteiger partial charge in [-0.2, -0.15) is 0 Å². The van der Waals surface area contributed by atoms with Crippen molar-refractivity contribution in [1.82, 2.24) is 4.90 Å². The summed E-state index contributed by atoms with van der Waals surface area (Å²) in [6.07, 6.45) is 0.0416. The van der Waals surface area contributed by atoms with Crippen LogP contribution in [0.2, 0.25) is 5.02 Å². The fourth-order valence-corrected chi connectivity index (χ4v) is 7.07. The Labute approximate surface area is 279 Å². The maximum Gasteiger partial charge on any atom is 0.266 e. The highest BCUT2D eigenvalue weighted by Gasteiger charge is 2.42. The van der Waals surface area contributed by atoms with E-state index in [0.717, 1.165) is 22.3 Å². The molecule has 4 aromatic carbocycles. The normalized spacial score (nSPS) is 24.4. The molecule has 2 fully saturated rings. The fraction of sp³-hybridized carbons (Fsp3) is 0.316. The zero-order chi connectivity index (χ0) is 32.7. The van der Waals surface area contributed by atoms with E-state index in [2.05, 4.69) is 11.8 Å². The second kappa shape index (κ2) is 13.0. The minimum atomic E-state index is -0.899. The molecule has 0 saturated carbocycles. The summed E-state index contributed by atoms with van der Waals surface area (Å²) in [5.41, 5.74) is 3.86. The van der Waals surface area contributed by atoms with E-state index in [0.29, 0.717) is 54.3 Å². The van der Waals surface area contributed by atoms with E-state index in [1.807, 2.05) is 60.7 Å². The summed E-state index contributed by atoms with van der Waals surface area (Å²) >= 11 is 6.08. The number of fused-ring (bicyclic) bond motifs is 1. The van der Waals surface area contributed by atoms with E-state index >= 15 is 0 Å². The highest BCUT2D eigenvalue weighted by Crippen LogP contribution is 2.43. The third kappa shape index (κ3) is 6.13. The number of aliphatic hydroxyl groups excluding tert-OH is 1. The number of hydrogen-bond donors (Lipinski definition) is 2. The largest absolute Gasteiger partial charge is 0.392 e. The molecule has 0 unspecified atom stereocenters. The van der Waals surface area contributed by atoms with Crippen molar-refractivity contribution in [3.8, 4) is 0 Å². The van der Waals surface area contributed by atoms with Gasteiger partial charge in [-0.15, -0.1) is 0 Å². The lowest BCUT2D eigenvalue weighted by atomic mass is 9.84. The van der Waals surface area contributed by atoms with Crippen LogP contribution in [0, 0.1) is 5.92 Å². The van der Waals surface area contributed by atoms with Gasteiger partial charge in [0.05, 0.1) is 41.2 Å². The van der Waals surface area contributed by atoms with Gasteiger partial charge in [0.2, 0.25) is 0 Å². The van der Waals surface area contributed by atoms with E-state index in [1.54, 1.807) is 36.4 Å². The SMILES string of the molecule is C[C@@H]1[C@H](CN2CCC(O)(c3ccc(Cl)cc3)CC2)O[C@H](c2ccc(N3C(=O)c4ccccc4C3=O)cc2)O[C@@H]1c1ccc(CO)cc1.